The lowest BCUT2D eigenvalue weighted by molar-refractivity contribution is -0.139. The average molecular weight is 287 g/mol. The molecule has 0 saturated heterocycles. The third-order valence-corrected chi connectivity index (χ3v) is 2.86. The number of aliphatic carboxylic acids is 1. The summed E-state index contributed by atoms with van der Waals surface area (Å²) in [5.41, 5.74) is 5.78. The molecule has 0 bridgehead atoms. The standard InChI is InChI=1S/C14H13N3O4/c15-13(20)11(7-12(18)19)17-14(21)10-6-5-8-3-1-2-4-9(8)16-10/h1-6,11H,7H2,(H2,15,20)(H,17,21)(H,18,19)/t11-/m1/s1. The monoisotopic (exact) mass is 287 g/mol. The summed E-state index contributed by atoms with van der Waals surface area (Å²) in [4.78, 5) is 37.9. The number of carbonyl (C=O) groups is 3. The number of para-hydroxylation sites is 1. The summed E-state index contributed by atoms with van der Waals surface area (Å²) < 4.78 is 0. The lowest BCUT2D eigenvalue weighted by atomic mass is 10.1. The molecular weight excluding hydrogens is 274 g/mol. The number of aromatic nitrogens is 1. The van der Waals surface area contributed by atoms with Crippen LogP contribution < -0.4 is 11.1 Å². The Labute approximate surface area is 119 Å². The molecule has 4 N–H and O–H groups in total. The maximum atomic E-state index is 12.0. The molecule has 7 nitrogen and oxygen atoms in total. The molecule has 108 valence electrons. The van der Waals surface area contributed by atoms with Crippen molar-refractivity contribution in [3.05, 3.63) is 42.1 Å². The van der Waals surface area contributed by atoms with Crippen molar-refractivity contribution in [1.82, 2.24) is 10.3 Å². The first-order chi connectivity index (χ1) is 9.97. The van der Waals surface area contributed by atoms with E-state index < -0.39 is 30.2 Å². The number of nitrogens with one attached hydrogen (secondary N) is 1. The van der Waals surface area contributed by atoms with E-state index in [0.717, 1.165) is 5.39 Å². The molecular formula is C14H13N3O4. The molecule has 0 fully saturated rings. The van der Waals surface area contributed by atoms with Crippen LogP contribution >= 0.6 is 0 Å². The number of nitrogens with two attached hydrogens (primary N) is 1. The summed E-state index contributed by atoms with van der Waals surface area (Å²) in [6, 6.07) is 9.16. The van der Waals surface area contributed by atoms with E-state index in [2.05, 4.69) is 10.3 Å². The highest BCUT2D eigenvalue weighted by Crippen LogP contribution is 2.11. The molecule has 1 aromatic carbocycles. The Morgan fingerprint density at radius 2 is 1.90 bits per heavy atom. The van der Waals surface area contributed by atoms with Gasteiger partial charge in [-0.05, 0) is 12.1 Å². The number of pyridine rings is 1. The second kappa shape index (κ2) is 6.00. The molecule has 0 aliphatic carbocycles. The third-order valence-electron chi connectivity index (χ3n) is 2.86. The third kappa shape index (κ3) is 3.53. The number of nitrogens with zero attached hydrogens (tertiary/aromatic N) is 1. The van der Waals surface area contributed by atoms with E-state index >= 15 is 0 Å². The number of benzene rings is 1. The molecule has 1 heterocycles. The van der Waals surface area contributed by atoms with Gasteiger partial charge in [-0.15, -0.1) is 0 Å². The van der Waals surface area contributed by atoms with Crippen LogP contribution in [-0.4, -0.2) is 33.9 Å². The minimum Gasteiger partial charge on any atom is -0.481 e. The van der Waals surface area contributed by atoms with Crippen molar-refractivity contribution in [3.63, 3.8) is 0 Å². The van der Waals surface area contributed by atoms with Gasteiger partial charge in [0.25, 0.3) is 5.91 Å². The summed E-state index contributed by atoms with van der Waals surface area (Å²) in [5.74, 6) is -2.79. The zero-order valence-corrected chi connectivity index (χ0v) is 10.9. The molecule has 1 atom stereocenters. The van der Waals surface area contributed by atoms with E-state index in [0.29, 0.717) is 5.52 Å². The fraction of sp³-hybridized carbons (Fsp3) is 0.143. The predicted molar refractivity (Wildman–Crippen MR) is 74.4 cm³/mol. The number of carboxylic acids is 1. The Morgan fingerprint density at radius 1 is 1.19 bits per heavy atom. The molecule has 2 aromatic rings. The first-order valence-corrected chi connectivity index (χ1v) is 6.15. The van der Waals surface area contributed by atoms with E-state index in [1.165, 1.54) is 6.07 Å². The van der Waals surface area contributed by atoms with Crippen molar-refractivity contribution >= 4 is 28.7 Å². The zero-order valence-electron chi connectivity index (χ0n) is 10.9. The van der Waals surface area contributed by atoms with E-state index in [1.54, 1.807) is 18.2 Å². The number of fused-ring (bicyclic) bond motifs is 1. The first-order valence-electron chi connectivity index (χ1n) is 6.15. The summed E-state index contributed by atoms with van der Waals surface area (Å²) in [7, 11) is 0. The van der Waals surface area contributed by atoms with Crippen LogP contribution in [0, 0.1) is 0 Å². The molecule has 0 saturated carbocycles. The van der Waals surface area contributed by atoms with Crippen molar-refractivity contribution in [3.8, 4) is 0 Å². The fourth-order valence-corrected chi connectivity index (χ4v) is 1.82. The zero-order chi connectivity index (χ0) is 15.4. The number of primary amides is 1. The molecule has 0 unspecified atom stereocenters. The predicted octanol–water partition coefficient (Wildman–Crippen LogP) is 0.293. The average Bonchev–Trinajstić information content (AvgIpc) is 2.45. The van der Waals surface area contributed by atoms with E-state index in [1.807, 2.05) is 12.1 Å². The number of hydrogen-bond acceptors (Lipinski definition) is 4. The highest BCUT2D eigenvalue weighted by Gasteiger charge is 2.22. The van der Waals surface area contributed by atoms with Gasteiger partial charge in [0.2, 0.25) is 5.91 Å². The first kappa shape index (κ1) is 14.4. The highest BCUT2D eigenvalue weighted by molar-refractivity contribution is 5.98. The van der Waals surface area contributed by atoms with Crippen LogP contribution in [0.2, 0.25) is 0 Å². The van der Waals surface area contributed by atoms with Crippen LogP contribution in [0.1, 0.15) is 16.9 Å². The molecule has 2 amide bonds. The van der Waals surface area contributed by atoms with Crippen molar-refractivity contribution in [1.29, 1.82) is 0 Å². The van der Waals surface area contributed by atoms with Gasteiger partial charge in [-0.25, -0.2) is 4.98 Å². The molecule has 0 aliphatic rings. The fourth-order valence-electron chi connectivity index (χ4n) is 1.82. The minimum atomic E-state index is -1.27. The van der Waals surface area contributed by atoms with Crippen LogP contribution in [-0.2, 0) is 9.59 Å². The summed E-state index contributed by atoms with van der Waals surface area (Å²) in [5, 5.41) is 11.8. The topological polar surface area (TPSA) is 122 Å². The number of rotatable bonds is 5. The van der Waals surface area contributed by atoms with Crippen molar-refractivity contribution in [2.45, 2.75) is 12.5 Å². The molecule has 21 heavy (non-hydrogen) atoms. The van der Waals surface area contributed by atoms with Crippen LogP contribution in [0.5, 0.6) is 0 Å². The molecule has 0 aliphatic heterocycles. The number of carbonyl (C=O) groups excluding carboxylic acids is 2. The van der Waals surface area contributed by atoms with Crippen molar-refractivity contribution < 1.29 is 19.5 Å². The van der Waals surface area contributed by atoms with Crippen molar-refractivity contribution in [2.75, 3.05) is 0 Å². The van der Waals surface area contributed by atoms with Crippen LogP contribution in [0.25, 0.3) is 10.9 Å². The van der Waals surface area contributed by atoms with Crippen LogP contribution in [0.3, 0.4) is 0 Å². The highest BCUT2D eigenvalue weighted by atomic mass is 16.4. The quantitative estimate of drug-likeness (QED) is 0.729. The Morgan fingerprint density at radius 3 is 2.57 bits per heavy atom. The minimum absolute atomic E-state index is 0.0883. The summed E-state index contributed by atoms with van der Waals surface area (Å²) >= 11 is 0. The van der Waals surface area contributed by atoms with Gasteiger partial charge in [-0.2, -0.15) is 0 Å². The molecule has 2 rings (SSSR count). The number of amides is 2. The second-order valence-electron chi connectivity index (χ2n) is 4.42. The van der Waals surface area contributed by atoms with Gasteiger partial charge in [-0.1, -0.05) is 24.3 Å². The second-order valence-corrected chi connectivity index (χ2v) is 4.42. The Hall–Kier alpha value is -2.96. The van der Waals surface area contributed by atoms with Crippen LogP contribution in [0.15, 0.2) is 36.4 Å². The van der Waals surface area contributed by atoms with Gasteiger partial charge < -0.3 is 16.2 Å². The Balaban J connectivity index is 2.20. The maximum Gasteiger partial charge on any atom is 0.305 e. The van der Waals surface area contributed by atoms with Crippen molar-refractivity contribution in [2.24, 2.45) is 5.73 Å². The lowest BCUT2D eigenvalue weighted by Gasteiger charge is -2.13. The molecule has 0 spiro atoms. The van der Waals surface area contributed by atoms with E-state index in [-0.39, 0.29) is 5.69 Å². The number of hydrogen-bond donors (Lipinski definition) is 3. The molecule has 1 aromatic heterocycles. The molecule has 0 radical (unpaired) electrons. The SMILES string of the molecule is NC(=O)[C@@H](CC(=O)O)NC(=O)c1ccc2ccccc2n1. The number of carboxylic acid groups (broad SMARTS) is 1. The van der Waals surface area contributed by atoms with E-state index in [4.69, 9.17) is 10.8 Å². The lowest BCUT2D eigenvalue weighted by Crippen LogP contribution is -2.45. The van der Waals surface area contributed by atoms with Gasteiger partial charge in [0.1, 0.15) is 11.7 Å². The van der Waals surface area contributed by atoms with Gasteiger partial charge >= 0.3 is 5.97 Å². The summed E-state index contributed by atoms with van der Waals surface area (Å²) in [6.45, 7) is 0. The van der Waals surface area contributed by atoms with Gasteiger partial charge in [0.05, 0.1) is 11.9 Å². The van der Waals surface area contributed by atoms with Gasteiger partial charge in [0, 0.05) is 5.39 Å². The Bertz CT molecular complexity index is 714. The summed E-state index contributed by atoms with van der Waals surface area (Å²) in [6.07, 6.45) is -0.575. The normalized spacial score (nSPS) is 11.8. The smallest absolute Gasteiger partial charge is 0.305 e. The Kier molecular flexibility index (Phi) is 4.13. The van der Waals surface area contributed by atoms with E-state index in [9.17, 15) is 14.4 Å². The van der Waals surface area contributed by atoms with Crippen LogP contribution in [0.4, 0.5) is 0 Å². The largest absolute Gasteiger partial charge is 0.481 e. The van der Waals surface area contributed by atoms with Gasteiger partial charge in [-0.3, -0.25) is 14.4 Å². The molecule has 7 heteroatoms. The van der Waals surface area contributed by atoms with Gasteiger partial charge in [0.15, 0.2) is 0 Å². The maximum absolute atomic E-state index is 12.0.